The predicted molar refractivity (Wildman–Crippen MR) is 90.5 cm³/mol. The summed E-state index contributed by atoms with van der Waals surface area (Å²) in [7, 11) is 1.60. The summed E-state index contributed by atoms with van der Waals surface area (Å²) in [4.78, 5) is 4.65. The van der Waals surface area contributed by atoms with Gasteiger partial charge in [-0.2, -0.15) is 0 Å². The lowest BCUT2D eigenvalue weighted by Gasteiger charge is -2.11. The average Bonchev–Trinajstić information content (AvgIpc) is 2.52. The van der Waals surface area contributed by atoms with Crippen molar-refractivity contribution in [3.05, 3.63) is 59.9 Å². The van der Waals surface area contributed by atoms with Gasteiger partial charge in [-0.1, -0.05) is 24.3 Å². The third-order valence-electron chi connectivity index (χ3n) is 3.35. The normalized spacial score (nSPS) is 10.3. The zero-order valence-corrected chi connectivity index (χ0v) is 13.4. The summed E-state index contributed by atoms with van der Waals surface area (Å²) in [5, 5.41) is 0.949. The molecular weight excluding hydrogens is 324 g/mol. The lowest BCUT2D eigenvalue weighted by Crippen LogP contribution is -1.95. The summed E-state index contributed by atoms with van der Waals surface area (Å²) < 4.78 is 18.8. The number of aromatic nitrogens is 1. The number of alkyl halides is 1. The smallest absolute Gasteiger partial charge is 0.145 e. The second kappa shape index (κ2) is 6.95. The Hall–Kier alpha value is -1.84. The number of nitrogens with zero attached hydrogens (tertiary/aromatic N) is 1. The van der Waals surface area contributed by atoms with Gasteiger partial charge in [0.2, 0.25) is 0 Å². The van der Waals surface area contributed by atoms with Crippen LogP contribution in [0.1, 0.15) is 5.56 Å². The van der Waals surface area contributed by atoms with E-state index in [-0.39, 0.29) is 18.2 Å². The number of ether oxygens (including phenoxy) is 1. The number of hydrogen-bond donors (Lipinski definition) is 0. The first-order chi connectivity index (χ1) is 10.2. The monoisotopic (exact) mass is 337 g/mol. The van der Waals surface area contributed by atoms with Gasteiger partial charge in [0.15, 0.2) is 0 Å². The number of para-hydroxylation sites is 1. The summed E-state index contributed by atoms with van der Waals surface area (Å²) in [5.41, 5.74) is 3.00. The van der Waals surface area contributed by atoms with E-state index in [9.17, 15) is 4.39 Å². The van der Waals surface area contributed by atoms with Crippen LogP contribution >= 0.6 is 24.0 Å². The fraction of sp³-hybridized carbons (Fsp3) is 0.118. The molecule has 22 heavy (non-hydrogen) atoms. The number of benzene rings is 2. The van der Waals surface area contributed by atoms with Crippen LogP contribution in [0.3, 0.4) is 0 Å². The summed E-state index contributed by atoms with van der Waals surface area (Å²) in [6, 6.07) is 14.0. The van der Waals surface area contributed by atoms with E-state index in [0.717, 1.165) is 16.5 Å². The predicted octanol–water partition coefficient (Wildman–Crippen LogP) is 5.21. The van der Waals surface area contributed by atoms with Gasteiger partial charge in [-0.15, -0.1) is 24.0 Å². The third-order valence-corrected chi connectivity index (χ3v) is 3.64. The van der Waals surface area contributed by atoms with Gasteiger partial charge in [-0.05, 0) is 29.8 Å². The van der Waals surface area contributed by atoms with Crippen molar-refractivity contribution >= 4 is 34.9 Å². The molecule has 0 N–H and O–H groups in total. The van der Waals surface area contributed by atoms with Crippen LogP contribution in [0.2, 0.25) is 0 Å². The minimum atomic E-state index is -0.296. The highest BCUT2D eigenvalue weighted by atomic mass is 35.5. The molecule has 0 radical (unpaired) electrons. The van der Waals surface area contributed by atoms with Crippen molar-refractivity contribution in [3.63, 3.8) is 0 Å². The SMILES string of the molecule is COc1cccc2cc(CCl)c(-c3cccc(F)c3)nc12.Cl. The fourth-order valence-electron chi connectivity index (χ4n) is 2.37. The largest absolute Gasteiger partial charge is 0.494 e. The highest BCUT2D eigenvalue weighted by molar-refractivity contribution is 6.17. The lowest BCUT2D eigenvalue weighted by atomic mass is 10.0. The maximum Gasteiger partial charge on any atom is 0.145 e. The van der Waals surface area contributed by atoms with Crippen LogP contribution in [0.25, 0.3) is 22.2 Å². The molecule has 0 bridgehead atoms. The standard InChI is InChI=1S/C17H13ClFNO.ClH/c1-21-15-7-3-5-11-8-13(10-18)16(20-17(11)15)12-4-2-6-14(19)9-12;/h2-9H,10H2,1H3;1H. The average molecular weight is 338 g/mol. The van der Waals surface area contributed by atoms with Crippen LogP contribution in [0, 0.1) is 5.82 Å². The topological polar surface area (TPSA) is 22.1 Å². The minimum absolute atomic E-state index is 0. The van der Waals surface area contributed by atoms with E-state index in [1.165, 1.54) is 12.1 Å². The molecular formula is C17H14Cl2FNO. The van der Waals surface area contributed by atoms with E-state index in [0.29, 0.717) is 22.9 Å². The molecule has 0 aliphatic carbocycles. The zero-order valence-electron chi connectivity index (χ0n) is 11.8. The lowest BCUT2D eigenvalue weighted by molar-refractivity contribution is 0.419. The van der Waals surface area contributed by atoms with E-state index < -0.39 is 0 Å². The Labute approximate surface area is 139 Å². The first-order valence-electron chi connectivity index (χ1n) is 6.51. The molecule has 1 heterocycles. The maximum absolute atomic E-state index is 13.5. The molecule has 2 nitrogen and oxygen atoms in total. The molecule has 3 rings (SSSR count). The minimum Gasteiger partial charge on any atom is -0.494 e. The molecule has 0 saturated heterocycles. The summed E-state index contributed by atoms with van der Waals surface area (Å²) in [5.74, 6) is 0.702. The number of rotatable bonds is 3. The fourth-order valence-corrected chi connectivity index (χ4v) is 2.57. The summed E-state index contributed by atoms with van der Waals surface area (Å²) >= 11 is 6.03. The van der Waals surface area contributed by atoms with Crippen molar-refractivity contribution in [2.45, 2.75) is 5.88 Å². The molecule has 0 aliphatic rings. The van der Waals surface area contributed by atoms with Crippen LogP contribution in [0.5, 0.6) is 5.75 Å². The number of hydrogen-bond acceptors (Lipinski definition) is 2. The van der Waals surface area contributed by atoms with Crippen LogP contribution in [0.15, 0.2) is 48.5 Å². The molecule has 0 fully saturated rings. The van der Waals surface area contributed by atoms with Crippen molar-refractivity contribution in [2.75, 3.05) is 7.11 Å². The van der Waals surface area contributed by atoms with Crippen LogP contribution < -0.4 is 4.74 Å². The first-order valence-corrected chi connectivity index (χ1v) is 7.05. The van der Waals surface area contributed by atoms with Gasteiger partial charge >= 0.3 is 0 Å². The molecule has 0 amide bonds. The maximum atomic E-state index is 13.5. The molecule has 3 aromatic rings. The van der Waals surface area contributed by atoms with Crippen molar-refractivity contribution in [1.29, 1.82) is 0 Å². The summed E-state index contributed by atoms with van der Waals surface area (Å²) in [6.45, 7) is 0. The van der Waals surface area contributed by atoms with Gasteiger partial charge in [0, 0.05) is 16.8 Å². The number of fused-ring (bicyclic) bond motifs is 1. The quantitative estimate of drug-likeness (QED) is 0.612. The van der Waals surface area contributed by atoms with Gasteiger partial charge in [-0.3, -0.25) is 0 Å². The van der Waals surface area contributed by atoms with Crippen LogP contribution in [-0.2, 0) is 5.88 Å². The third kappa shape index (κ3) is 3.01. The van der Waals surface area contributed by atoms with Crippen molar-refractivity contribution < 1.29 is 9.13 Å². The molecule has 0 unspecified atom stereocenters. The summed E-state index contributed by atoms with van der Waals surface area (Å²) in [6.07, 6.45) is 0. The Morgan fingerprint density at radius 2 is 1.91 bits per heavy atom. The van der Waals surface area contributed by atoms with Crippen LogP contribution in [0.4, 0.5) is 4.39 Å². The highest BCUT2D eigenvalue weighted by Gasteiger charge is 2.11. The van der Waals surface area contributed by atoms with E-state index >= 15 is 0 Å². The first kappa shape index (κ1) is 16.5. The van der Waals surface area contributed by atoms with Crippen LogP contribution in [-0.4, -0.2) is 12.1 Å². The Morgan fingerprint density at radius 3 is 2.59 bits per heavy atom. The molecule has 5 heteroatoms. The highest BCUT2D eigenvalue weighted by Crippen LogP contribution is 2.31. The number of pyridine rings is 1. The van der Waals surface area contributed by atoms with Crippen molar-refractivity contribution in [1.82, 2.24) is 4.98 Å². The van der Waals surface area contributed by atoms with Crippen molar-refractivity contribution in [3.8, 4) is 17.0 Å². The van der Waals surface area contributed by atoms with Gasteiger partial charge < -0.3 is 4.74 Å². The molecule has 0 spiro atoms. The Morgan fingerprint density at radius 1 is 1.14 bits per heavy atom. The van der Waals surface area contributed by atoms with Gasteiger partial charge in [-0.25, -0.2) is 9.37 Å². The van der Waals surface area contributed by atoms with Gasteiger partial charge in [0.25, 0.3) is 0 Å². The van der Waals surface area contributed by atoms with Crippen molar-refractivity contribution in [2.24, 2.45) is 0 Å². The zero-order chi connectivity index (χ0) is 14.8. The number of methoxy groups -OCH3 is 1. The van der Waals surface area contributed by atoms with Gasteiger partial charge in [0.05, 0.1) is 12.8 Å². The Kier molecular flexibility index (Phi) is 5.22. The van der Waals surface area contributed by atoms with E-state index in [4.69, 9.17) is 16.3 Å². The molecule has 0 saturated carbocycles. The van der Waals surface area contributed by atoms with Gasteiger partial charge in [0.1, 0.15) is 17.1 Å². The number of halogens is 3. The molecule has 1 aromatic heterocycles. The van der Waals surface area contributed by atoms with E-state index in [2.05, 4.69) is 4.98 Å². The van der Waals surface area contributed by atoms with E-state index in [1.54, 1.807) is 13.2 Å². The second-order valence-corrected chi connectivity index (χ2v) is 4.94. The Balaban J connectivity index is 0.00000176. The molecule has 0 atom stereocenters. The van der Waals surface area contributed by atoms with E-state index in [1.807, 2.05) is 30.3 Å². The molecule has 0 aliphatic heterocycles. The Bertz CT molecular complexity index is 808. The molecule has 2 aromatic carbocycles. The molecule has 114 valence electrons. The second-order valence-electron chi connectivity index (χ2n) is 4.67.